The number of amides is 1. The summed E-state index contributed by atoms with van der Waals surface area (Å²) in [4.78, 5) is 18.2. The van der Waals surface area contributed by atoms with Crippen LogP contribution < -0.4 is 10.6 Å². The molecule has 0 saturated carbocycles. The Morgan fingerprint density at radius 3 is 2.47 bits per heavy atom. The van der Waals surface area contributed by atoms with Crippen LogP contribution in [0.2, 0.25) is 0 Å². The van der Waals surface area contributed by atoms with E-state index >= 15 is 0 Å². The molecule has 11 heteroatoms. The van der Waals surface area contributed by atoms with Crippen LogP contribution in [0, 0.1) is 0 Å². The number of guanidine groups is 1. The molecule has 1 saturated heterocycles. The van der Waals surface area contributed by atoms with Crippen molar-refractivity contribution in [1.29, 1.82) is 0 Å². The monoisotopic (exact) mass is 448 g/mol. The first-order valence-corrected chi connectivity index (χ1v) is 11.5. The zero-order valence-electron chi connectivity index (χ0n) is 17.0. The van der Waals surface area contributed by atoms with Crippen LogP contribution in [0.1, 0.15) is 30.9 Å². The lowest BCUT2D eigenvalue weighted by Crippen LogP contribution is -2.39. The minimum Gasteiger partial charge on any atom is -0.357 e. The highest BCUT2D eigenvalue weighted by atomic mass is 32.2. The van der Waals surface area contributed by atoms with Gasteiger partial charge in [0.05, 0.1) is 23.6 Å². The molecule has 1 fully saturated rings. The molecule has 0 spiro atoms. The standard InChI is InChI=1S/C19H27F3N4O3S/c1-3-23-18(24-10-8-17(27)25-16-9-11-30(28,29)13-16)26(2)12-14-4-6-15(7-5-14)19(20,21)22/h4-7,16H,3,8-13H2,1-2H3,(H,23,24)(H,25,27). The second-order valence-corrected chi connectivity index (χ2v) is 9.43. The largest absolute Gasteiger partial charge is 0.416 e. The average molecular weight is 449 g/mol. The normalized spacial score (nSPS) is 18.8. The molecule has 1 atom stereocenters. The Labute approximate surface area is 174 Å². The number of aliphatic imine (C=N–C) groups is 1. The number of hydrogen-bond donors (Lipinski definition) is 2. The first kappa shape index (κ1) is 24.0. The molecule has 0 radical (unpaired) electrons. The maximum Gasteiger partial charge on any atom is 0.416 e. The Morgan fingerprint density at radius 2 is 1.93 bits per heavy atom. The molecule has 1 aliphatic heterocycles. The molecule has 1 aromatic rings. The third kappa shape index (κ3) is 7.51. The summed E-state index contributed by atoms with van der Waals surface area (Å²) in [6.45, 7) is 3.01. The van der Waals surface area contributed by atoms with Gasteiger partial charge < -0.3 is 15.5 Å². The van der Waals surface area contributed by atoms with Crippen molar-refractivity contribution < 1.29 is 26.4 Å². The molecule has 1 aliphatic rings. The predicted octanol–water partition coefficient (Wildman–Crippen LogP) is 1.80. The van der Waals surface area contributed by atoms with Gasteiger partial charge in [-0.15, -0.1) is 0 Å². The van der Waals surface area contributed by atoms with Crippen LogP contribution in [0.25, 0.3) is 0 Å². The number of nitrogens with zero attached hydrogens (tertiary/aromatic N) is 2. The molecular weight excluding hydrogens is 421 g/mol. The number of hydrogen-bond acceptors (Lipinski definition) is 4. The van der Waals surface area contributed by atoms with Crippen LogP contribution in [0.5, 0.6) is 0 Å². The van der Waals surface area contributed by atoms with E-state index < -0.39 is 21.6 Å². The third-order valence-corrected chi connectivity index (χ3v) is 6.36. The summed E-state index contributed by atoms with van der Waals surface area (Å²) >= 11 is 0. The van der Waals surface area contributed by atoms with Gasteiger partial charge in [0.1, 0.15) is 0 Å². The summed E-state index contributed by atoms with van der Waals surface area (Å²) in [5, 5.41) is 5.79. The maximum atomic E-state index is 12.7. The smallest absolute Gasteiger partial charge is 0.357 e. The Morgan fingerprint density at radius 1 is 1.27 bits per heavy atom. The van der Waals surface area contributed by atoms with Crippen LogP contribution in [-0.4, -0.2) is 62.9 Å². The Kier molecular flexibility index (Phi) is 8.10. The SMILES string of the molecule is CCNC(=NCCC(=O)NC1CCS(=O)(=O)C1)N(C)Cc1ccc(C(F)(F)F)cc1. The van der Waals surface area contributed by atoms with Crippen LogP contribution in [0.4, 0.5) is 13.2 Å². The molecule has 30 heavy (non-hydrogen) atoms. The Hall–Kier alpha value is -2.30. The van der Waals surface area contributed by atoms with Crippen LogP contribution in [-0.2, 0) is 27.4 Å². The van der Waals surface area contributed by atoms with Crippen LogP contribution in [0.3, 0.4) is 0 Å². The average Bonchev–Trinajstić information content (AvgIpc) is 2.99. The van der Waals surface area contributed by atoms with E-state index in [9.17, 15) is 26.4 Å². The van der Waals surface area contributed by atoms with Crippen LogP contribution in [0.15, 0.2) is 29.3 Å². The highest BCUT2D eigenvalue weighted by Gasteiger charge is 2.30. The van der Waals surface area contributed by atoms with Gasteiger partial charge in [-0.05, 0) is 31.0 Å². The van der Waals surface area contributed by atoms with Crippen molar-refractivity contribution in [2.75, 3.05) is 31.6 Å². The Balaban J connectivity index is 1.88. The van der Waals surface area contributed by atoms with Crippen molar-refractivity contribution in [3.8, 4) is 0 Å². The molecular formula is C19H27F3N4O3S. The minimum absolute atomic E-state index is 0.0273. The van der Waals surface area contributed by atoms with Gasteiger partial charge in [0.25, 0.3) is 0 Å². The molecule has 1 unspecified atom stereocenters. The maximum absolute atomic E-state index is 12.7. The molecule has 1 aromatic carbocycles. The summed E-state index contributed by atoms with van der Waals surface area (Å²) in [7, 11) is -1.30. The van der Waals surface area contributed by atoms with Crippen molar-refractivity contribution in [2.45, 2.75) is 38.5 Å². The quantitative estimate of drug-likeness (QED) is 0.490. The number of sulfone groups is 1. The topological polar surface area (TPSA) is 90.9 Å². The van der Waals surface area contributed by atoms with E-state index in [0.717, 1.165) is 12.1 Å². The van der Waals surface area contributed by atoms with Gasteiger partial charge in [-0.1, -0.05) is 12.1 Å². The second kappa shape index (κ2) is 10.1. The van der Waals surface area contributed by atoms with Crippen LogP contribution >= 0.6 is 0 Å². The zero-order chi connectivity index (χ0) is 22.4. The van der Waals surface area contributed by atoms with Crippen molar-refractivity contribution in [3.05, 3.63) is 35.4 Å². The van der Waals surface area contributed by atoms with E-state index in [1.54, 1.807) is 11.9 Å². The van der Waals surface area contributed by atoms with E-state index in [4.69, 9.17) is 0 Å². The van der Waals surface area contributed by atoms with Gasteiger partial charge in [-0.3, -0.25) is 9.79 Å². The van der Waals surface area contributed by atoms with Gasteiger partial charge >= 0.3 is 6.18 Å². The Bertz CT molecular complexity index is 855. The van der Waals surface area contributed by atoms with Crippen molar-refractivity contribution in [3.63, 3.8) is 0 Å². The highest BCUT2D eigenvalue weighted by Crippen LogP contribution is 2.29. The molecule has 1 amide bonds. The fourth-order valence-corrected chi connectivity index (χ4v) is 4.76. The number of nitrogens with one attached hydrogen (secondary N) is 2. The zero-order valence-corrected chi connectivity index (χ0v) is 17.8. The molecule has 0 bridgehead atoms. The fraction of sp³-hybridized carbons (Fsp3) is 0.579. The third-order valence-electron chi connectivity index (χ3n) is 4.60. The lowest BCUT2D eigenvalue weighted by atomic mass is 10.1. The molecule has 168 valence electrons. The van der Waals surface area contributed by atoms with Gasteiger partial charge in [0, 0.05) is 32.6 Å². The molecule has 7 nitrogen and oxygen atoms in total. The van der Waals surface area contributed by atoms with E-state index in [2.05, 4.69) is 15.6 Å². The van der Waals surface area contributed by atoms with Gasteiger partial charge in [0.2, 0.25) is 5.91 Å². The lowest BCUT2D eigenvalue weighted by Gasteiger charge is -2.22. The fourth-order valence-electron chi connectivity index (χ4n) is 3.09. The van der Waals surface area contributed by atoms with Gasteiger partial charge in [-0.2, -0.15) is 13.2 Å². The van der Waals surface area contributed by atoms with Crippen molar-refractivity contribution in [2.24, 2.45) is 4.99 Å². The van der Waals surface area contributed by atoms with Crippen molar-refractivity contribution >= 4 is 21.7 Å². The number of carbonyl (C=O) groups is 1. The predicted molar refractivity (Wildman–Crippen MR) is 109 cm³/mol. The molecule has 2 rings (SSSR count). The number of carbonyl (C=O) groups excluding carboxylic acids is 1. The summed E-state index contributed by atoms with van der Waals surface area (Å²) < 4.78 is 60.9. The minimum atomic E-state index is -4.37. The summed E-state index contributed by atoms with van der Waals surface area (Å²) in [5.41, 5.74) is -0.00755. The first-order valence-electron chi connectivity index (χ1n) is 9.65. The van der Waals surface area contributed by atoms with E-state index in [1.807, 2.05) is 6.92 Å². The summed E-state index contributed by atoms with van der Waals surface area (Å²) in [6, 6.07) is 4.58. The lowest BCUT2D eigenvalue weighted by molar-refractivity contribution is -0.137. The first-order chi connectivity index (χ1) is 14.0. The highest BCUT2D eigenvalue weighted by molar-refractivity contribution is 7.91. The number of rotatable bonds is 7. The van der Waals surface area contributed by atoms with Gasteiger partial charge in [-0.25, -0.2) is 8.42 Å². The van der Waals surface area contributed by atoms with E-state index in [1.165, 1.54) is 12.1 Å². The molecule has 0 aromatic heterocycles. The van der Waals surface area contributed by atoms with E-state index in [-0.39, 0.29) is 36.4 Å². The molecule has 1 heterocycles. The number of benzene rings is 1. The summed E-state index contributed by atoms with van der Waals surface area (Å²) in [6.07, 6.45) is -3.83. The number of halogens is 3. The van der Waals surface area contributed by atoms with Crippen molar-refractivity contribution in [1.82, 2.24) is 15.5 Å². The number of alkyl halides is 3. The van der Waals surface area contributed by atoms with E-state index in [0.29, 0.717) is 31.0 Å². The summed E-state index contributed by atoms with van der Waals surface area (Å²) in [5.74, 6) is 0.325. The van der Waals surface area contributed by atoms with Gasteiger partial charge in [0.15, 0.2) is 15.8 Å². The second-order valence-electron chi connectivity index (χ2n) is 7.20. The molecule has 2 N–H and O–H groups in total. The molecule has 0 aliphatic carbocycles.